The maximum atomic E-state index is 13.5. The van der Waals surface area contributed by atoms with E-state index in [0.717, 1.165) is 29.6 Å². The predicted octanol–water partition coefficient (Wildman–Crippen LogP) is 2.85. The number of rotatable bonds is 8. The first-order chi connectivity index (χ1) is 16.7. The molecule has 1 heterocycles. The maximum Gasteiger partial charge on any atom is 0.327 e. The monoisotopic (exact) mass is 515 g/mol. The molecule has 184 valence electrons. The van der Waals surface area contributed by atoms with Gasteiger partial charge in [-0.1, -0.05) is 29.2 Å². The summed E-state index contributed by atoms with van der Waals surface area (Å²) in [5.41, 5.74) is 2.76. The summed E-state index contributed by atoms with van der Waals surface area (Å²) in [5, 5.41) is 4.54. The fourth-order valence-corrected chi connectivity index (χ4v) is 5.91. The van der Waals surface area contributed by atoms with Crippen LogP contribution in [-0.4, -0.2) is 50.0 Å². The number of halogens is 1. The number of nitrogens with zero attached hydrogens (tertiary/aromatic N) is 3. The van der Waals surface area contributed by atoms with Crippen LogP contribution in [0.15, 0.2) is 53.6 Å². The molecule has 0 saturated heterocycles. The molecule has 0 fully saturated rings. The summed E-state index contributed by atoms with van der Waals surface area (Å²) in [6.45, 7) is 2.05. The number of hydrogen-bond acceptors (Lipinski definition) is 6. The first-order valence-corrected chi connectivity index (χ1v) is 13.2. The Balaban J connectivity index is 1.56. The van der Waals surface area contributed by atoms with E-state index in [1.54, 1.807) is 30.9 Å². The summed E-state index contributed by atoms with van der Waals surface area (Å²) < 4.78 is 40.8. The van der Waals surface area contributed by atoms with Crippen molar-refractivity contribution in [1.82, 2.24) is 14.1 Å². The van der Waals surface area contributed by atoms with Gasteiger partial charge in [0.2, 0.25) is 10.0 Å². The van der Waals surface area contributed by atoms with Crippen LogP contribution in [0.3, 0.4) is 0 Å². The molecule has 0 amide bonds. The van der Waals surface area contributed by atoms with Crippen LogP contribution in [0.4, 0.5) is 0 Å². The minimum absolute atomic E-state index is 0.00438. The van der Waals surface area contributed by atoms with Crippen molar-refractivity contribution in [2.75, 3.05) is 13.7 Å². The number of ether oxygens (including phenoxy) is 2. The smallest absolute Gasteiger partial charge is 0.327 e. The second-order valence-electron chi connectivity index (χ2n) is 8.45. The van der Waals surface area contributed by atoms with Gasteiger partial charge in [-0.05, 0) is 56.5 Å². The molecule has 1 aliphatic rings. The quantitative estimate of drug-likeness (QED) is 0.338. The van der Waals surface area contributed by atoms with Gasteiger partial charge < -0.3 is 9.47 Å². The molecule has 1 aliphatic carbocycles. The third-order valence-electron chi connectivity index (χ3n) is 6.08. The SMILES string of the molecule is Bc1ccc(Oc2ccc(S(=O)(=O)N(C)[C@@H]3CCCc4c3cnn4CC(=O)OCC)cc2Cl)cc1. The molecule has 0 unspecified atom stereocenters. The summed E-state index contributed by atoms with van der Waals surface area (Å²) in [6.07, 6.45) is 3.79. The van der Waals surface area contributed by atoms with Crippen LogP contribution in [0.1, 0.15) is 37.1 Å². The normalized spacial score (nSPS) is 15.6. The minimum Gasteiger partial charge on any atom is -0.465 e. The summed E-state index contributed by atoms with van der Waals surface area (Å²) in [4.78, 5) is 12.0. The predicted molar refractivity (Wildman–Crippen MR) is 136 cm³/mol. The van der Waals surface area contributed by atoms with E-state index in [0.29, 0.717) is 24.5 Å². The zero-order valence-corrected chi connectivity index (χ0v) is 21.5. The van der Waals surface area contributed by atoms with E-state index >= 15 is 0 Å². The summed E-state index contributed by atoms with van der Waals surface area (Å²) in [5.74, 6) is 0.612. The van der Waals surface area contributed by atoms with E-state index < -0.39 is 16.1 Å². The highest BCUT2D eigenvalue weighted by atomic mass is 35.5. The third kappa shape index (κ3) is 5.39. The first kappa shape index (κ1) is 25.3. The van der Waals surface area contributed by atoms with Crippen molar-refractivity contribution >= 4 is 40.9 Å². The van der Waals surface area contributed by atoms with Crippen molar-refractivity contribution in [3.8, 4) is 11.5 Å². The van der Waals surface area contributed by atoms with Gasteiger partial charge in [0, 0.05) is 18.3 Å². The number of sulfonamides is 1. The largest absolute Gasteiger partial charge is 0.465 e. The highest BCUT2D eigenvalue weighted by Crippen LogP contribution is 2.38. The first-order valence-electron chi connectivity index (χ1n) is 11.4. The molecular weight excluding hydrogens is 489 g/mol. The van der Waals surface area contributed by atoms with Gasteiger partial charge in [0.05, 0.1) is 28.8 Å². The number of fused-ring (bicyclic) bond motifs is 1. The molecule has 0 spiro atoms. The Bertz CT molecular complexity index is 1330. The standard InChI is InChI=1S/C24H27BClN3O5S/c1-3-33-24(30)15-29-22-6-4-5-21(19(22)14-27-29)28(2)35(31,32)18-11-12-23(20(26)13-18)34-17-9-7-16(25)8-10-17/h7-14,21H,3-6,15,25H2,1-2H3/t21-/m1/s1. The fraction of sp³-hybridized carbons (Fsp3) is 0.333. The summed E-state index contributed by atoms with van der Waals surface area (Å²) >= 11 is 6.40. The van der Waals surface area contributed by atoms with E-state index in [4.69, 9.17) is 21.1 Å². The Kier molecular flexibility index (Phi) is 7.54. The van der Waals surface area contributed by atoms with Crippen molar-refractivity contribution in [2.24, 2.45) is 0 Å². The van der Waals surface area contributed by atoms with Gasteiger partial charge in [-0.2, -0.15) is 9.40 Å². The highest BCUT2D eigenvalue weighted by Gasteiger charge is 2.34. The van der Waals surface area contributed by atoms with E-state index in [1.807, 2.05) is 32.1 Å². The van der Waals surface area contributed by atoms with Crippen LogP contribution in [0.25, 0.3) is 0 Å². The average molecular weight is 516 g/mol. The number of benzene rings is 2. The van der Waals surface area contributed by atoms with Crippen LogP contribution in [0.5, 0.6) is 11.5 Å². The molecule has 11 heteroatoms. The summed E-state index contributed by atoms with van der Waals surface area (Å²) in [7, 11) is -0.319. The molecule has 2 aromatic carbocycles. The number of hydrogen-bond donors (Lipinski definition) is 0. The molecule has 8 nitrogen and oxygen atoms in total. The molecule has 0 aliphatic heterocycles. The zero-order valence-electron chi connectivity index (χ0n) is 19.9. The number of carbonyl (C=O) groups is 1. The van der Waals surface area contributed by atoms with Crippen molar-refractivity contribution in [2.45, 2.75) is 43.7 Å². The Morgan fingerprint density at radius 1 is 1.26 bits per heavy atom. The van der Waals surface area contributed by atoms with Gasteiger partial charge >= 0.3 is 5.97 Å². The Morgan fingerprint density at radius 2 is 2.00 bits per heavy atom. The fourth-order valence-electron chi connectivity index (χ4n) is 4.23. The van der Waals surface area contributed by atoms with Crippen molar-refractivity contribution in [3.63, 3.8) is 0 Å². The zero-order chi connectivity index (χ0) is 25.2. The average Bonchev–Trinajstić information content (AvgIpc) is 3.24. The van der Waals surface area contributed by atoms with E-state index in [2.05, 4.69) is 5.10 Å². The Hall–Kier alpha value is -2.82. The molecule has 1 atom stereocenters. The lowest BCUT2D eigenvalue weighted by Gasteiger charge is -2.31. The van der Waals surface area contributed by atoms with Crippen LogP contribution in [0.2, 0.25) is 5.02 Å². The summed E-state index contributed by atoms with van der Waals surface area (Å²) in [6, 6.07) is 11.6. The molecule has 3 aromatic rings. The lowest BCUT2D eigenvalue weighted by Crippen LogP contribution is -2.33. The third-order valence-corrected chi connectivity index (χ3v) is 8.24. The van der Waals surface area contributed by atoms with Gasteiger partial charge in [0.15, 0.2) is 0 Å². The molecule has 0 N–H and O–H groups in total. The molecule has 35 heavy (non-hydrogen) atoms. The van der Waals surface area contributed by atoms with Crippen LogP contribution in [0, 0.1) is 0 Å². The molecule has 1 aromatic heterocycles. The molecule has 0 saturated carbocycles. The van der Waals surface area contributed by atoms with Crippen molar-refractivity contribution in [1.29, 1.82) is 0 Å². The van der Waals surface area contributed by atoms with Crippen LogP contribution in [-0.2, 0) is 32.5 Å². The molecule has 0 bridgehead atoms. The lowest BCUT2D eigenvalue weighted by atomic mass is 9.93. The Morgan fingerprint density at radius 3 is 2.69 bits per heavy atom. The van der Waals surface area contributed by atoms with Gasteiger partial charge in [-0.3, -0.25) is 9.48 Å². The van der Waals surface area contributed by atoms with Gasteiger partial charge in [0.1, 0.15) is 25.9 Å². The van der Waals surface area contributed by atoms with E-state index in [1.165, 1.54) is 16.4 Å². The Labute approximate surface area is 211 Å². The maximum absolute atomic E-state index is 13.5. The lowest BCUT2D eigenvalue weighted by molar-refractivity contribution is -0.144. The molecular formula is C24H27BClN3O5S. The highest BCUT2D eigenvalue weighted by molar-refractivity contribution is 7.89. The number of carbonyl (C=O) groups excluding carboxylic acids is 1. The second-order valence-corrected chi connectivity index (χ2v) is 10.9. The van der Waals surface area contributed by atoms with Crippen LogP contribution >= 0.6 is 11.6 Å². The van der Waals surface area contributed by atoms with Crippen molar-refractivity contribution in [3.05, 3.63) is 64.9 Å². The number of esters is 1. The van der Waals surface area contributed by atoms with Gasteiger partial charge in [-0.15, -0.1) is 0 Å². The number of aromatic nitrogens is 2. The van der Waals surface area contributed by atoms with Gasteiger partial charge in [0.25, 0.3) is 0 Å². The van der Waals surface area contributed by atoms with E-state index in [-0.39, 0.29) is 22.4 Å². The van der Waals surface area contributed by atoms with Crippen molar-refractivity contribution < 1.29 is 22.7 Å². The second kappa shape index (κ2) is 10.4. The van der Waals surface area contributed by atoms with Gasteiger partial charge in [-0.25, -0.2) is 8.42 Å². The van der Waals surface area contributed by atoms with Crippen LogP contribution < -0.4 is 10.2 Å². The molecule has 0 radical (unpaired) electrons. The molecule has 4 rings (SSSR count). The van der Waals surface area contributed by atoms with E-state index in [9.17, 15) is 13.2 Å². The minimum atomic E-state index is -3.86. The topological polar surface area (TPSA) is 90.7 Å².